The highest BCUT2D eigenvalue weighted by atomic mass is 16.7. The second-order valence-corrected chi connectivity index (χ2v) is 6.44. The predicted octanol–water partition coefficient (Wildman–Crippen LogP) is 1.79. The van der Waals surface area contributed by atoms with Crippen molar-refractivity contribution in [1.82, 2.24) is 0 Å². The van der Waals surface area contributed by atoms with Crippen molar-refractivity contribution in [3.8, 4) is 0 Å². The molecule has 1 fully saturated rings. The van der Waals surface area contributed by atoms with Crippen molar-refractivity contribution in [3.63, 3.8) is 0 Å². The van der Waals surface area contributed by atoms with Gasteiger partial charge in [0.25, 0.3) is 0 Å². The van der Waals surface area contributed by atoms with Crippen molar-refractivity contribution >= 4 is 24.6 Å². The molecule has 0 aliphatic carbocycles. The zero-order valence-corrected chi connectivity index (χ0v) is 13.3. The van der Waals surface area contributed by atoms with Gasteiger partial charge < -0.3 is 15.0 Å². The van der Waals surface area contributed by atoms with E-state index in [2.05, 4.69) is 0 Å². The van der Waals surface area contributed by atoms with E-state index in [0.717, 1.165) is 16.6 Å². The van der Waals surface area contributed by atoms with Crippen molar-refractivity contribution in [2.24, 2.45) is 5.73 Å². The molecule has 0 radical (unpaired) electrons. The number of aryl methyl sites for hydroxylation is 1. The van der Waals surface area contributed by atoms with Gasteiger partial charge in [-0.1, -0.05) is 18.2 Å². The van der Waals surface area contributed by atoms with Gasteiger partial charge in [-0.05, 0) is 57.3 Å². The molecule has 21 heavy (non-hydrogen) atoms. The molecular weight excluding hydrogens is 265 g/mol. The first kappa shape index (κ1) is 15.8. The summed E-state index contributed by atoms with van der Waals surface area (Å²) in [5.74, 6) is -0.463. The summed E-state index contributed by atoms with van der Waals surface area (Å²) >= 11 is 0. The van der Waals surface area contributed by atoms with Gasteiger partial charge in [-0.3, -0.25) is 4.79 Å². The first-order valence-electron chi connectivity index (χ1n) is 7.06. The number of carbonyl (C=O) groups excluding carboxylic acids is 1. The van der Waals surface area contributed by atoms with Crippen LogP contribution in [-0.4, -0.2) is 24.2 Å². The zero-order chi connectivity index (χ0) is 15.8. The molecule has 2 rings (SSSR count). The smallest absolute Gasteiger partial charge is 0.399 e. The maximum absolute atomic E-state index is 10.9. The number of hydrogen-bond acceptors (Lipinski definition) is 3. The standard InChI is InChI=1S/C16H22BNO3/c1-11-6-8-13(10-12(11)7-9-14(18)19)17-20-15(2,3)16(4,5)21-17/h6-10H,1-5H3,(H2,18,19)/b9-7+. The average molecular weight is 287 g/mol. The van der Waals surface area contributed by atoms with Gasteiger partial charge in [-0.2, -0.15) is 0 Å². The van der Waals surface area contributed by atoms with E-state index in [1.807, 2.05) is 52.8 Å². The molecule has 1 amide bonds. The largest absolute Gasteiger partial charge is 0.494 e. The SMILES string of the molecule is Cc1ccc(B2OC(C)(C)C(C)(C)O2)cc1/C=C/C(N)=O. The van der Waals surface area contributed by atoms with Crippen LogP contribution in [0.5, 0.6) is 0 Å². The third-order valence-electron chi connectivity index (χ3n) is 4.26. The van der Waals surface area contributed by atoms with Gasteiger partial charge >= 0.3 is 7.12 Å². The fourth-order valence-corrected chi connectivity index (χ4v) is 2.14. The molecule has 1 aromatic carbocycles. The molecule has 1 heterocycles. The fraction of sp³-hybridized carbons (Fsp3) is 0.438. The van der Waals surface area contributed by atoms with Crippen LogP contribution in [0.15, 0.2) is 24.3 Å². The third kappa shape index (κ3) is 3.19. The van der Waals surface area contributed by atoms with Gasteiger partial charge in [0.1, 0.15) is 0 Å². The number of rotatable bonds is 3. The minimum absolute atomic E-state index is 0.369. The monoisotopic (exact) mass is 287 g/mol. The number of amides is 1. The van der Waals surface area contributed by atoms with E-state index in [0.29, 0.717) is 0 Å². The Kier molecular flexibility index (Phi) is 4.00. The van der Waals surface area contributed by atoms with Gasteiger partial charge in [0.15, 0.2) is 0 Å². The highest BCUT2D eigenvalue weighted by molar-refractivity contribution is 6.62. The van der Waals surface area contributed by atoms with E-state index in [1.54, 1.807) is 6.08 Å². The summed E-state index contributed by atoms with van der Waals surface area (Å²) in [6.07, 6.45) is 3.07. The maximum atomic E-state index is 10.9. The van der Waals surface area contributed by atoms with E-state index in [4.69, 9.17) is 15.0 Å². The van der Waals surface area contributed by atoms with Crippen LogP contribution in [0.4, 0.5) is 0 Å². The summed E-state index contributed by atoms with van der Waals surface area (Å²) < 4.78 is 12.1. The van der Waals surface area contributed by atoms with Gasteiger partial charge in [0, 0.05) is 6.08 Å². The number of carbonyl (C=O) groups is 1. The van der Waals surface area contributed by atoms with Crippen LogP contribution in [0, 0.1) is 6.92 Å². The minimum atomic E-state index is -0.463. The lowest BCUT2D eigenvalue weighted by Crippen LogP contribution is -2.41. The van der Waals surface area contributed by atoms with Crippen molar-refractivity contribution in [3.05, 3.63) is 35.4 Å². The Labute approximate surface area is 126 Å². The van der Waals surface area contributed by atoms with Crippen molar-refractivity contribution < 1.29 is 14.1 Å². The van der Waals surface area contributed by atoms with Crippen molar-refractivity contribution in [2.45, 2.75) is 45.8 Å². The lowest BCUT2D eigenvalue weighted by Gasteiger charge is -2.32. The number of primary amides is 1. The molecule has 1 aromatic rings. The molecule has 0 aromatic heterocycles. The highest BCUT2D eigenvalue weighted by Crippen LogP contribution is 2.36. The number of nitrogens with two attached hydrogens (primary N) is 1. The molecule has 112 valence electrons. The van der Waals surface area contributed by atoms with Crippen molar-refractivity contribution in [1.29, 1.82) is 0 Å². The summed E-state index contributed by atoms with van der Waals surface area (Å²) in [4.78, 5) is 10.9. The Morgan fingerprint density at radius 2 is 1.76 bits per heavy atom. The Balaban J connectivity index is 2.30. The molecular formula is C16H22BNO3. The first-order valence-corrected chi connectivity index (χ1v) is 7.06. The lowest BCUT2D eigenvalue weighted by atomic mass is 9.78. The van der Waals surface area contributed by atoms with E-state index >= 15 is 0 Å². The van der Waals surface area contributed by atoms with Crippen LogP contribution in [0.2, 0.25) is 0 Å². The lowest BCUT2D eigenvalue weighted by molar-refractivity contribution is -0.113. The topological polar surface area (TPSA) is 61.6 Å². The molecule has 1 aliphatic rings. The average Bonchev–Trinajstić information content (AvgIpc) is 2.57. The molecule has 0 spiro atoms. The van der Waals surface area contributed by atoms with Crippen LogP contribution >= 0.6 is 0 Å². The van der Waals surface area contributed by atoms with Gasteiger partial charge in [-0.25, -0.2) is 0 Å². The molecule has 4 nitrogen and oxygen atoms in total. The van der Waals surface area contributed by atoms with Crippen LogP contribution in [-0.2, 0) is 14.1 Å². The fourth-order valence-electron chi connectivity index (χ4n) is 2.14. The highest BCUT2D eigenvalue weighted by Gasteiger charge is 2.51. The van der Waals surface area contributed by atoms with Crippen molar-refractivity contribution in [2.75, 3.05) is 0 Å². The van der Waals surface area contributed by atoms with Crippen LogP contribution in [0.25, 0.3) is 6.08 Å². The summed E-state index contributed by atoms with van der Waals surface area (Å²) in [5, 5.41) is 0. The zero-order valence-electron chi connectivity index (χ0n) is 13.3. The molecule has 2 N–H and O–H groups in total. The predicted molar refractivity (Wildman–Crippen MR) is 85.1 cm³/mol. The van der Waals surface area contributed by atoms with Gasteiger partial charge in [-0.15, -0.1) is 0 Å². The molecule has 1 saturated heterocycles. The van der Waals surface area contributed by atoms with E-state index in [1.165, 1.54) is 6.08 Å². The normalized spacial score (nSPS) is 20.1. The second kappa shape index (κ2) is 5.32. The first-order chi connectivity index (χ1) is 9.62. The summed E-state index contributed by atoms with van der Waals surface area (Å²) in [5.41, 5.74) is 7.34. The molecule has 5 heteroatoms. The van der Waals surface area contributed by atoms with Crippen LogP contribution in [0.1, 0.15) is 38.8 Å². The number of benzene rings is 1. The summed E-state index contributed by atoms with van der Waals surface area (Å²) in [6, 6.07) is 5.94. The van der Waals surface area contributed by atoms with E-state index in [-0.39, 0.29) is 11.2 Å². The van der Waals surface area contributed by atoms with Gasteiger partial charge in [0.2, 0.25) is 5.91 Å². The molecule has 1 aliphatic heterocycles. The Hall–Kier alpha value is -1.59. The quantitative estimate of drug-likeness (QED) is 0.681. The molecule has 0 bridgehead atoms. The molecule has 0 unspecified atom stereocenters. The molecule has 0 atom stereocenters. The maximum Gasteiger partial charge on any atom is 0.494 e. The Morgan fingerprint density at radius 1 is 1.19 bits per heavy atom. The van der Waals surface area contributed by atoms with E-state index in [9.17, 15) is 4.79 Å². The second-order valence-electron chi connectivity index (χ2n) is 6.44. The van der Waals surface area contributed by atoms with E-state index < -0.39 is 13.0 Å². The van der Waals surface area contributed by atoms with Crippen LogP contribution in [0.3, 0.4) is 0 Å². The van der Waals surface area contributed by atoms with Gasteiger partial charge in [0.05, 0.1) is 11.2 Å². The summed E-state index contributed by atoms with van der Waals surface area (Å²) in [7, 11) is -0.406. The molecule has 0 saturated carbocycles. The Morgan fingerprint density at radius 3 is 2.29 bits per heavy atom. The number of hydrogen-bond donors (Lipinski definition) is 1. The summed E-state index contributed by atoms with van der Waals surface area (Å²) in [6.45, 7) is 10.1. The minimum Gasteiger partial charge on any atom is -0.399 e. The third-order valence-corrected chi connectivity index (χ3v) is 4.26. The van der Waals surface area contributed by atoms with Crippen LogP contribution < -0.4 is 11.2 Å². The Bertz CT molecular complexity index is 577.